The summed E-state index contributed by atoms with van der Waals surface area (Å²) in [5.74, 6) is 1.03. The molecule has 5 nitrogen and oxygen atoms in total. The minimum absolute atomic E-state index is 0.324. The first-order chi connectivity index (χ1) is 11.2. The lowest BCUT2D eigenvalue weighted by Crippen LogP contribution is -2.41. The van der Waals surface area contributed by atoms with Crippen LogP contribution in [0.15, 0.2) is 18.2 Å². The maximum absolute atomic E-state index is 6.15. The van der Waals surface area contributed by atoms with E-state index >= 15 is 0 Å². The molecule has 6 heteroatoms. The maximum Gasteiger partial charge on any atom is 0.494 e. The SMILES string of the molecule is C[C@H]1CCC(c2nc3ccc(B4OC(C)(C)C(C)(C)O4)cc3[nH]2)N1. The van der Waals surface area contributed by atoms with Crippen molar-refractivity contribution < 1.29 is 9.31 Å². The number of benzene rings is 1. The van der Waals surface area contributed by atoms with Gasteiger partial charge in [-0.2, -0.15) is 0 Å². The highest BCUT2D eigenvalue weighted by Gasteiger charge is 2.51. The van der Waals surface area contributed by atoms with Gasteiger partial charge in [-0.3, -0.25) is 0 Å². The summed E-state index contributed by atoms with van der Waals surface area (Å²) in [6.45, 7) is 10.5. The van der Waals surface area contributed by atoms with E-state index in [1.54, 1.807) is 0 Å². The molecule has 0 radical (unpaired) electrons. The molecule has 2 aliphatic rings. The average molecular weight is 327 g/mol. The van der Waals surface area contributed by atoms with Crippen molar-refractivity contribution in [3.63, 3.8) is 0 Å². The highest BCUT2D eigenvalue weighted by Crippen LogP contribution is 2.36. The molecule has 1 aromatic heterocycles. The maximum atomic E-state index is 6.15. The van der Waals surface area contributed by atoms with Gasteiger partial charge in [-0.05, 0) is 65.1 Å². The highest BCUT2D eigenvalue weighted by atomic mass is 16.7. The molecule has 2 aliphatic heterocycles. The number of aromatic amines is 1. The van der Waals surface area contributed by atoms with E-state index in [4.69, 9.17) is 14.3 Å². The second kappa shape index (κ2) is 5.31. The van der Waals surface area contributed by atoms with Crippen molar-refractivity contribution in [2.75, 3.05) is 0 Å². The van der Waals surface area contributed by atoms with Gasteiger partial charge in [0.15, 0.2) is 0 Å². The topological polar surface area (TPSA) is 59.2 Å². The van der Waals surface area contributed by atoms with Crippen molar-refractivity contribution in [3.8, 4) is 0 Å². The van der Waals surface area contributed by atoms with E-state index in [1.165, 1.54) is 6.42 Å². The lowest BCUT2D eigenvalue weighted by atomic mass is 9.79. The van der Waals surface area contributed by atoms with Gasteiger partial charge in [0.2, 0.25) is 0 Å². The Kier molecular flexibility index (Phi) is 3.57. The van der Waals surface area contributed by atoms with Crippen molar-refractivity contribution in [1.82, 2.24) is 15.3 Å². The van der Waals surface area contributed by atoms with Crippen LogP contribution in [0.2, 0.25) is 0 Å². The van der Waals surface area contributed by atoms with Gasteiger partial charge in [0.05, 0.1) is 28.3 Å². The Morgan fingerprint density at radius 2 is 1.83 bits per heavy atom. The molecule has 0 amide bonds. The largest absolute Gasteiger partial charge is 0.494 e. The lowest BCUT2D eigenvalue weighted by molar-refractivity contribution is 0.00578. The molecule has 1 aromatic carbocycles. The number of rotatable bonds is 2. The number of imidazole rings is 1. The van der Waals surface area contributed by atoms with E-state index in [-0.39, 0.29) is 18.3 Å². The first-order valence-corrected chi connectivity index (χ1v) is 8.86. The quantitative estimate of drug-likeness (QED) is 0.833. The zero-order valence-electron chi connectivity index (χ0n) is 15.1. The third-order valence-corrected chi connectivity index (χ3v) is 5.75. The van der Waals surface area contributed by atoms with Gasteiger partial charge >= 0.3 is 7.12 Å². The Bertz CT molecular complexity index is 755. The molecule has 128 valence electrons. The number of nitrogens with zero attached hydrogens (tertiary/aromatic N) is 1. The summed E-state index contributed by atoms with van der Waals surface area (Å²) in [6, 6.07) is 7.09. The van der Waals surface area contributed by atoms with Gasteiger partial charge in [0, 0.05) is 6.04 Å². The molecule has 2 atom stereocenters. The van der Waals surface area contributed by atoms with Crippen LogP contribution >= 0.6 is 0 Å². The molecule has 2 N–H and O–H groups in total. The molecule has 0 spiro atoms. The summed E-state index contributed by atoms with van der Waals surface area (Å²) < 4.78 is 12.3. The van der Waals surface area contributed by atoms with E-state index < -0.39 is 0 Å². The minimum Gasteiger partial charge on any atom is -0.399 e. The standard InChI is InChI=1S/C18H26BN3O2/c1-11-6-8-14(20-11)16-21-13-9-7-12(10-15(13)22-16)19-23-17(2,3)18(4,5)24-19/h7,9-11,14,20H,6,8H2,1-5H3,(H,21,22)/t11-,14?/m0/s1. The van der Waals surface area contributed by atoms with E-state index in [2.05, 4.69) is 57.1 Å². The Morgan fingerprint density at radius 1 is 1.12 bits per heavy atom. The van der Waals surface area contributed by atoms with Crippen LogP contribution < -0.4 is 10.8 Å². The number of hydrogen-bond donors (Lipinski definition) is 2. The Balaban J connectivity index is 1.62. The first-order valence-electron chi connectivity index (χ1n) is 8.86. The zero-order chi connectivity index (χ0) is 17.1. The van der Waals surface area contributed by atoms with Gasteiger partial charge in [0.25, 0.3) is 0 Å². The first kappa shape index (κ1) is 16.1. The molecule has 0 bridgehead atoms. The third kappa shape index (κ3) is 2.57. The van der Waals surface area contributed by atoms with Gasteiger partial charge in [-0.25, -0.2) is 4.98 Å². The van der Waals surface area contributed by atoms with Crippen molar-refractivity contribution in [2.45, 2.75) is 70.7 Å². The molecule has 3 heterocycles. The van der Waals surface area contributed by atoms with E-state index in [9.17, 15) is 0 Å². The van der Waals surface area contributed by atoms with Crippen LogP contribution in [0.5, 0.6) is 0 Å². The van der Waals surface area contributed by atoms with Crippen LogP contribution in [0.25, 0.3) is 11.0 Å². The molecular weight excluding hydrogens is 301 g/mol. The molecular formula is C18H26BN3O2. The van der Waals surface area contributed by atoms with Gasteiger partial charge in [-0.15, -0.1) is 0 Å². The van der Waals surface area contributed by atoms with Crippen LogP contribution in [0, 0.1) is 0 Å². The molecule has 2 aromatic rings. The molecule has 2 fully saturated rings. The summed E-state index contributed by atoms with van der Waals surface area (Å²) >= 11 is 0. The minimum atomic E-state index is -0.337. The normalized spacial score (nSPS) is 28.8. The second-order valence-electron chi connectivity index (χ2n) is 8.18. The second-order valence-corrected chi connectivity index (χ2v) is 8.18. The highest BCUT2D eigenvalue weighted by molar-refractivity contribution is 6.62. The van der Waals surface area contributed by atoms with E-state index in [0.29, 0.717) is 12.1 Å². The monoisotopic (exact) mass is 327 g/mol. The van der Waals surface area contributed by atoms with Crippen LogP contribution in [-0.2, 0) is 9.31 Å². The fourth-order valence-corrected chi connectivity index (χ4v) is 3.48. The third-order valence-electron chi connectivity index (χ3n) is 5.75. The molecule has 1 unspecified atom stereocenters. The summed E-state index contributed by atoms with van der Waals surface area (Å²) in [6.07, 6.45) is 2.33. The van der Waals surface area contributed by atoms with Crippen molar-refractivity contribution in [3.05, 3.63) is 24.0 Å². The summed E-state index contributed by atoms with van der Waals surface area (Å²) in [4.78, 5) is 8.23. The Labute approximate surface area is 143 Å². The van der Waals surface area contributed by atoms with Crippen LogP contribution in [0.1, 0.15) is 59.3 Å². The molecule has 0 aliphatic carbocycles. The number of nitrogens with one attached hydrogen (secondary N) is 2. The van der Waals surface area contributed by atoms with Crippen molar-refractivity contribution in [1.29, 1.82) is 0 Å². The van der Waals surface area contributed by atoms with Crippen molar-refractivity contribution in [2.24, 2.45) is 0 Å². The Hall–Kier alpha value is -1.37. The number of fused-ring (bicyclic) bond motifs is 1. The van der Waals surface area contributed by atoms with Crippen LogP contribution in [0.3, 0.4) is 0 Å². The van der Waals surface area contributed by atoms with Crippen LogP contribution in [0.4, 0.5) is 0 Å². The predicted molar refractivity (Wildman–Crippen MR) is 96.4 cm³/mol. The molecule has 4 rings (SSSR count). The van der Waals surface area contributed by atoms with Gasteiger partial charge in [-0.1, -0.05) is 6.07 Å². The van der Waals surface area contributed by atoms with E-state index in [0.717, 1.165) is 28.7 Å². The summed E-state index contributed by atoms with van der Waals surface area (Å²) in [7, 11) is -0.337. The van der Waals surface area contributed by atoms with E-state index in [1.807, 2.05) is 6.07 Å². The van der Waals surface area contributed by atoms with Crippen molar-refractivity contribution >= 4 is 23.6 Å². The number of aromatic nitrogens is 2. The van der Waals surface area contributed by atoms with Crippen LogP contribution in [-0.4, -0.2) is 34.3 Å². The Morgan fingerprint density at radius 3 is 2.46 bits per heavy atom. The zero-order valence-corrected chi connectivity index (χ0v) is 15.1. The predicted octanol–water partition coefficient (Wildman–Crippen LogP) is 2.68. The molecule has 2 saturated heterocycles. The fraction of sp³-hybridized carbons (Fsp3) is 0.611. The number of hydrogen-bond acceptors (Lipinski definition) is 4. The van der Waals surface area contributed by atoms with Gasteiger partial charge < -0.3 is 19.6 Å². The summed E-state index contributed by atoms with van der Waals surface area (Å²) in [5.41, 5.74) is 2.42. The molecule has 24 heavy (non-hydrogen) atoms. The summed E-state index contributed by atoms with van der Waals surface area (Å²) in [5, 5.41) is 3.58. The molecule has 0 saturated carbocycles. The lowest BCUT2D eigenvalue weighted by Gasteiger charge is -2.32. The fourth-order valence-electron chi connectivity index (χ4n) is 3.48. The van der Waals surface area contributed by atoms with Gasteiger partial charge in [0.1, 0.15) is 5.82 Å². The average Bonchev–Trinajstić information content (AvgIpc) is 3.15. The smallest absolute Gasteiger partial charge is 0.399 e. The number of H-pyrrole nitrogens is 1.